The van der Waals surface area contributed by atoms with Gasteiger partial charge in [-0.1, -0.05) is 29.3 Å². The van der Waals surface area contributed by atoms with E-state index < -0.39 is 0 Å². The molecule has 0 unspecified atom stereocenters. The van der Waals surface area contributed by atoms with Crippen LogP contribution in [-0.2, 0) is 11.4 Å². The number of amides is 1. The van der Waals surface area contributed by atoms with E-state index in [0.717, 1.165) is 14.7 Å². The summed E-state index contributed by atoms with van der Waals surface area (Å²) in [5, 5.41) is 1.58. The van der Waals surface area contributed by atoms with Crippen LogP contribution >= 0.6 is 58.0 Å². The van der Waals surface area contributed by atoms with Crippen molar-refractivity contribution in [3.8, 4) is 11.5 Å². The van der Waals surface area contributed by atoms with Gasteiger partial charge in [0.1, 0.15) is 12.3 Å². The molecule has 1 saturated heterocycles. The van der Waals surface area contributed by atoms with E-state index >= 15 is 0 Å². The average molecular weight is 577 g/mol. The summed E-state index contributed by atoms with van der Waals surface area (Å²) >= 11 is 19.7. The van der Waals surface area contributed by atoms with Crippen molar-refractivity contribution >= 4 is 75.1 Å². The maximum absolute atomic E-state index is 12.5. The standard InChI is InChI=1S/C21H19Cl2IN2O3S/c1-4-28-18-9-12(8-17-20(27)26(3)21(30)25(17)2)7-16(24)19(18)29-11-13-5-6-14(22)10-15(13)23/h5-10H,4,11H2,1-3H3/b17-8-. The zero-order chi connectivity index (χ0) is 22.0. The topological polar surface area (TPSA) is 42.0 Å². The van der Waals surface area contributed by atoms with Gasteiger partial charge in [0.2, 0.25) is 0 Å². The third-order valence-corrected chi connectivity index (χ3v) is 6.42. The van der Waals surface area contributed by atoms with Gasteiger partial charge in [0.15, 0.2) is 16.6 Å². The lowest BCUT2D eigenvalue weighted by Crippen LogP contribution is -2.26. The third kappa shape index (κ3) is 4.85. The Bertz CT molecular complexity index is 1050. The highest BCUT2D eigenvalue weighted by Gasteiger charge is 2.32. The quantitative estimate of drug-likeness (QED) is 0.254. The van der Waals surface area contributed by atoms with Crippen molar-refractivity contribution in [2.45, 2.75) is 13.5 Å². The Hall–Kier alpha value is -1.55. The van der Waals surface area contributed by atoms with Crippen molar-refractivity contribution in [2.24, 2.45) is 0 Å². The monoisotopic (exact) mass is 576 g/mol. The van der Waals surface area contributed by atoms with Crippen LogP contribution in [0.2, 0.25) is 10.0 Å². The number of nitrogens with zero attached hydrogens (tertiary/aromatic N) is 2. The molecular formula is C21H19Cl2IN2O3S. The minimum atomic E-state index is -0.145. The molecule has 158 valence electrons. The van der Waals surface area contributed by atoms with Gasteiger partial charge in [-0.25, -0.2) is 0 Å². The summed E-state index contributed by atoms with van der Waals surface area (Å²) in [5.41, 5.74) is 2.13. The molecule has 1 aliphatic rings. The van der Waals surface area contributed by atoms with Gasteiger partial charge in [-0.2, -0.15) is 0 Å². The Kier molecular flexibility index (Phi) is 7.49. The molecule has 3 rings (SSSR count). The van der Waals surface area contributed by atoms with Gasteiger partial charge in [0, 0.05) is 29.7 Å². The van der Waals surface area contributed by atoms with Gasteiger partial charge >= 0.3 is 0 Å². The van der Waals surface area contributed by atoms with Crippen LogP contribution in [0.25, 0.3) is 6.08 Å². The number of benzene rings is 2. The second-order valence-corrected chi connectivity index (χ2v) is 8.89. The molecule has 0 saturated carbocycles. The summed E-state index contributed by atoms with van der Waals surface area (Å²) < 4.78 is 12.7. The normalized spacial score (nSPS) is 15.3. The van der Waals surface area contributed by atoms with Crippen LogP contribution in [0.4, 0.5) is 0 Å². The molecule has 9 heteroatoms. The Balaban J connectivity index is 1.92. The van der Waals surface area contributed by atoms with Crippen molar-refractivity contribution in [1.29, 1.82) is 0 Å². The van der Waals surface area contributed by atoms with Crippen LogP contribution in [0.3, 0.4) is 0 Å². The molecule has 0 spiro atoms. The van der Waals surface area contributed by atoms with Crippen molar-refractivity contribution in [3.05, 3.63) is 60.8 Å². The van der Waals surface area contributed by atoms with Gasteiger partial charge in [-0.3, -0.25) is 9.69 Å². The number of halogens is 3. The molecule has 0 N–H and O–H groups in total. The predicted molar refractivity (Wildman–Crippen MR) is 132 cm³/mol. The Morgan fingerprint density at radius 2 is 1.87 bits per heavy atom. The van der Waals surface area contributed by atoms with E-state index in [9.17, 15) is 4.79 Å². The molecule has 0 bridgehead atoms. The lowest BCUT2D eigenvalue weighted by Gasteiger charge is -2.16. The van der Waals surface area contributed by atoms with Crippen LogP contribution in [-0.4, -0.2) is 41.5 Å². The Morgan fingerprint density at radius 1 is 1.13 bits per heavy atom. The summed E-state index contributed by atoms with van der Waals surface area (Å²) in [7, 11) is 3.44. The van der Waals surface area contributed by atoms with Crippen molar-refractivity contribution < 1.29 is 14.3 Å². The molecule has 5 nitrogen and oxygen atoms in total. The minimum Gasteiger partial charge on any atom is -0.490 e. The van der Waals surface area contributed by atoms with Crippen LogP contribution in [0, 0.1) is 3.57 Å². The zero-order valence-electron chi connectivity index (χ0n) is 16.5. The van der Waals surface area contributed by atoms with E-state index in [1.54, 1.807) is 37.2 Å². The van der Waals surface area contributed by atoms with Gasteiger partial charge in [0.25, 0.3) is 5.91 Å². The fourth-order valence-electron chi connectivity index (χ4n) is 2.91. The Morgan fingerprint density at radius 3 is 2.47 bits per heavy atom. The molecule has 0 aliphatic carbocycles. The SMILES string of the molecule is CCOc1cc(/C=C2/C(=O)N(C)C(=S)N2C)cc(I)c1OCc1ccc(Cl)cc1Cl. The lowest BCUT2D eigenvalue weighted by atomic mass is 10.1. The molecule has 1 amide bonds. The first-order chi connectivity index (χ1) is 14.2. The molecule has 1 fully saturated rings. The van der Waals surface area contributed by atoms with Gasteiger partial charge < -0.3 is 14.4 Å². The molecule has 1 heterocycles. The molecular weight excluding hydrogens is 558 g/mol. The average Bonchev–Trinajstić information content (AvgIpc) is 2.87. The lowest BCUT2D eigenvalue weighted by molar-refractivity contribution is -0.121. The predicted octanol–water partition coefficient (Wildman–Crippen LogP) is 5.61. The van der Waals surface area contributed by atoms with Gasteiger partial charge in [-0.15, -0.1) is 0 Å². The number of rotatable bonds is 6. The van der Waals surface area contributed by atoms with E-state index in [-0.39, 0.29) is 12.5 Å². The summed E-state index contributed by atoms with van der Waals surface area (Å²) in [4.78, 5) is 15.6. The second-order valence-electron chi connectivity index (χ2n) is 6.52. The van der Waals surface area contributed by atoms with Gasteiger partial charge in [0.05, 0.1) is 10.2 Å². The van der Waals surface area contributed by atoms with Crippen LogP contribution in [0.5, 0.6) is 11.5 Å². The van der Waals surface area contributed by atoms with Crippen LogP contribution < -0.4 is 9.47 Å². The first-order valence-electron chi connectivity index (χ1n) is 9.03. The third-order valence-electron chi connectivity index (χ3n) is 4.48. The fourth-order valence-corrected chi connectivity index (χ4v) is 4.33. The molecule has 0 radical (unpaired) electrons. The number of ether oxygens (including phenoxy) is 2. The highest BCUT2D eigenvalue weighted by molar-refractivity contribution is 14.1. The molecule has 2 aromatic carbocycles. The summed E-state index contributed by atoms with van der Waals surface area (Å²) in [6.07, 6.45) is 1.79. The molecule has 30 heavy (non-hydrogen) atoms. The minimum absolute atomic E-state index is 0.145. The molecule has 0 aromatic heterocycles. The van der Waals surface area contributed by atoms with E-state index in [1.807, 2.05) is 25.1 Å². The van der Waals surface area contributed by atoms with E-state index in [0.29, 0.717) is 39.0 Å². The highest BCUT2D eigenvalue weighted by Crippen LogP contribution is 2.36. The smallest absolute Gasteiger partial charge is 0.276 e. The van der Waals surface area contributed by atoms with Crippen molar-refractivity contribution in [3.63, 3.8) is 0 Å². The molecule has 2 aromatic rings. The number of hydrogen-bond acceptors (Lipinski definition) is 4. The number of hydrogen-bond donors (Lipinski definition) is 0. The maximum Gasteiger partial charge on any atom is 0.276 e. The molecule has 1 aliphatic heterocycles. The van der Waals surface area contributed by atoms with E-state index in [4.69, 9.17) is 44.9 Å². The summed E-state index contributed by atoms with van der Waals surface area (Å²) in [5.74, 6) is 1.06. The number of carbonyl (C=O) groups is 1. The first-order valence-corrected chi connectivity index (χ1v) is 11.3. The molecule has 0 atom stereocenters. The number of likely N-dealkylation sites (N-methyl/N-ethyl adjacent to an activating group) is 2. The van der Waals surface area contributed by atoms with Crippen molar-refractivity contribution in [2.75, 3.05) is 20.7 Å². The first kappa shape index (κ1) is 23.1. The fraction of sp³-hybridized carbons (Fsp3) is 0.238. The highest BCUT2D eigenvalue weighted by atomic mass is 127. The summed E-state index contributed by atoms with van der Waals surface area (Å²) in [6.45, 7) is 2.64. The van der Waals surface area contributed by atoms with Crippen LogP contribution in [0.1, 0.15) is 18.1 Å². The largest absolute Gasteiger partial charge is 0.490 e. The Labute approximate surface area is 204 Å². The maximum atomic E-state index is 12.5. The van der Waals surface area contributed by atoms with Gasteiger partial charge in [-0.05, 0) is 77.6 Å². The van der Waals surface area contributed by atoms with Crippen molar-refractivity contribution in [1.82, 2.24) is 9.80 Å². The number of thiocarbonyl (C=S) groups is 1. The van der Waals surface area contributed by atoms with E-state index in [2.05, 4.69) is 22.6 Å². The number of carbonyl (C=O) groups excluding carboxylic acids is 1. The zero-order valence-corrected chi connectivity index (χ0v) is 21.0. The summed E-state index contributed by atoms with van der Waals surface area (Å²) in [6, 6.07) is 9.06. The van der Waals surface area contributed by atoms with Crippen LogP contribution in [0.15, 0.2) is 36.0 Å². The second kappa shape index (κ2) is 9.72. The van der Waals surface area contributed by atoms with E-state index in [1.165, 1.54) is 4.90 Å².